The lowest BCUT2D eigenvalue weighted by atomic mass is 10.2. The second kappa shape index (κ2) is 6.58. The zero-order chi connectivity index (χ0) is 13.5. The highest BCUT2D eigenvalue weighted by atomic mass is 16.4. The van der Waals surface area contributed by atoms with Crippen LogP contribution in [0, 0.1) is 0 Å². The van der Waals surface area contributed by atoms with Crippen LogP contribution < -0.4 is 10.6 Å². The van der Waals surface area contributed by atoms with Crippen LogP contribution in [0.25, 0.3) is 0 Å². The van der Waals surface area contributed by atoms with Gasteiger partial charge in [-0.05, 0) is 18.9 Å². The van der Waals surface area contributed by atoms with E-state index in [2.05, 4.69) is 15.6 Å². The minimum absolute atomic E-state index is 0.0373. The molecule has 1 rings (SSSR count). The maximum Gasteiger partial charge on any atom is 0.337 e. The molecule has 0 aliphatic rings. The van der Waals surface area contributed by atoms with E-state index in [-0.39, 0.29) is 17.6 Å². The predicted molar refractivity (Wildman–Crippen MR) is 67.7 cm³/mol. The Morgan fingerprint density at radius 2 is 2.00 bits per heavy atom. The van der Waals surface area contributed by atoms with Crippen molar-refractivity contribution < 1.29 is 14.7 Å². The van der Waals surface area contributed by atoms with Crippen molar-refractivity contribution in [3.8, 4) is 0 Å². The number of nitrogens with one attached hydrogen (secondary N) is 2. The normalized spacial score (nSPS) is 10.2. The number of aromatic carboxylic acids is 1. The lowest BCUT2D eigenvalue weighted by molar-refractivity contribution is 0.0696. The number of aromatic nitrogens is 1. The van der Waals surface area contributed by atoms with Gasteiger partial charge >= 0.3 is 12.0 Å². The number of amides is 2. The van der Waals surface area contributed by atoms with E-state index in [1.165, 1.54) is 18.5 Å². The molecular formula is C12H17N3O3. The molecule has 0 bridgehead atoms. The van der Waals surface area contributed by atoms with Crippen LogP contribution >= 0.6 is 0 Å². The van der Waals surface area contributed by atoms with E-state index in [0.717, 1.165) is 12.8 Å². The molecule has 0 atom stereocenters. The van der Waals surface area contributed by atoms with Gasteiger partial charge in [0.1, 0.15) is 0 Å². The molecule has 0 aromatic carbocycles. The smallest absolute Gasteiger partial charge is 0.337 e. The number of carbonyl (C=O) groups is 2. The Morgan fingerprint density at radius 3 is 2.56 bits per heavy atom. The Labute approximate surface area is 105 Å². The summed E-state index contributed by atoms with van der Waals surface area (Å²) >= 11 is 0. The summed E-state index contributed by atoms with van der Waals surface area (Å²) < 4.78 is 0. The first-order valence-electron chi connectivity index (χ1n) is 5.82. The summed E-state index contributed by atoms with van der Waals surface area (Å²) in [5.74, 6) is -1.08. The average Bonchev–Trinajstić information content (AvgIpc) is 2.36. The number of anilines is 1. The number of carbonyl (C=O) groups excluding carboxylic acids is 1. The van der Waals surface area contributed by atoms with Crippen LogP contribution in [0.15, 0.2) is 18.5 Å². The van der Waals surface area contributed by atoms with Gasteiger partial charge in [0.2, 0.25) is 0 Å². The minimum atomic E-state index is -1.08. The standard InChI is InChI=1S/C12H17N3O3/c1-3-9(4-2)14-12(18)15-10-5-8(11(16)17)6-13-7-10/h5-7,9H,3-4H2,1-2H3,(H,16,17)(H2,14,15,18). The van der Waals surface area contributed by atoms with E-state index in [1.807, 2.05) is 13.8 Å². The van der Waals surface area contributed by atoms with Crippen molar-refractivity contribution in [3.63, 3.8) is 0 Å². The van der Waals surface area contributed by atoms with Gasteiger partial charge in [-0.1, -0.05) is 13.8 Å². The van der Waals surface area contributed by atoms with Gasteiger partial charge in [0, 0.05) is 12.2 Å². The number of nitrogens with zero attached hydrogens (tertiary/aromatic N) is 1. The molecule has 0 saturated carbocycles. The zero-order valence-electron chi connectivity index (χ0n) is 10.4. The van der Waals surface area contributed by atoms with Crippen LogP contribution in [0.3, 0.4) is 0 Å². The molecule has 0 saturated heterocycles. The number of carboxylic acid groups (broad SMARTS) is 1. The zero-order valence-corrected chi connectivity index (χ0v) is 10.4. The lowest BCUT2D eigenvalue weighted by Gasteiger charge is -2.15. The fourth-order valence-corrected chi connectivity index (χ4v) is 1.47. The number of hydrogen-bond acceptors (Lipinski definition) is 3. The Morgan fingerprint density at radius 1 is 1.33 bits per heavy atom. The first-order chi connectivity index (χ1) is 8.56. The molecule has 0 unspecified atom stereocenters. The molecule has 3 N–H and O–H groups in total. The molecular weight excluding hydrogens is 234 g/mol. The molecule has 1 heterocycles. The number of pyridine rings is 1. The first kappa shape index (κ1) is 14.0. The van der Waals surface area contributed by atoms with Gasteiger partial charge in [-0.15, -0.1) is 0 Å². The van der Waals surface area contributed by atoms with Crippen LogP contribution in [-0.4, -0.2) is 28.1 Å². The molecule has 1 aromatic rings. The second-order valence-corrected chi connectivity index (χ2v) is 3.88. The lowest BCUT2D eigenvalue weighted by Crippen LogP contribution is -2.37. The summed E-state index contributed by atoms with van der Waals surface area (Å²) in [6.07, 6.45) is 4.32. The number of rotatable bonds is 5. The molecule has 0 aliphatic carbocycles. The molecule has 0 radical (unpaired) electrons. The quantitative estimate of drug-likeness (QED) is 0.747. The van der Waals surface area contributed by atoms with E-state index >= 15 is 0 Å². The van der Waals surface area contributed by atoms with Gasteiger partial charge < -0.3 is 15.7 Å². The number of urea groups is 1. The van der Waals surface area contributed by atoms with Crippen molar-refractivity contribution in [2.24, 2.45) is 0 Å². The van der Waals surface area contributed by atoms with Crippen molar-refractivity contribution in [3.05, 3.63) is 24.0 Å². The SMILES string of the molecule is CCC(CC)NC(=O)Nc1cncc(C(=O)O)c1. The Kier molecular flexibility index (Phi) is 5.10. The summed E-state index contributed by atoms with van der Waals surface area (Å²) in [4.78, 5) is 26.1. The number of hydrogen-bond donors (Lipinski definition) is 3. The highest BCUT2D eigenvalue weighted by molar-refractivity contribution is 5.92. The molecule has 0 spiro atoms. The van der Waals surface area contributed by atoms with Crippen LogP contribution in [0.2, 0.25) is 0 Å². The van der Waals surface area contributed by atoms with Gasteiger partial charge in [-0.2, -0.15) is 0 Å². The van der Waals surface area contributed by atoms with E-state index in [4.69, 9.17) is 5.11 Å². The third-order valence-corrected chi connectivity index (χ3v) is 2.56. The summed E-state index contributed by atoms with van der Waals surface area (Å²) in [5, 5.41) is 14.1. The summed E-state index contributed by atoms with van der Waals surface area (Å²) in [7, 11) is 0. The molecule has 6 heteroatoms. The van der Waals surface area contributed by atoms with Crippen molar-refractivity contribution in [1.29, 1.82) is 0 Å². The molecule has 1 aromatic heterocycles. The molecule has 2 amide bonds. The molecule has 0 fully saturated rings. The fourth-order valence-electron chi connectivity index (χ4n) is 1.47. The van der Waals surface area contributed by atoms with E-state index in [1.54, 1.807) is 0 Å². The second-order valence-electron chi connectivity index (χ2n) is 3.88. The Hall–Kier alpha value is -2.11. The Bertz CT molecular complexity index is 430. The van der Waals surface area contributed by atoms with Gasteiger partial charge in [-0.25, -0.2) is 9.59 Å². The van der Waals surface area contributed by atoms with Crippen LogP contribution in [0.1, 0.15) is 37.0 Å². The van der Waals surface area contributed by atoms with Crippen molar-refractivity contribution >= 4 is 17.7 Å². The maximum atomic E-state index is 11.6. The van der Waals surface area contributed by atoms with Crippen LogP contribution in [0.4, 0.5) is 10.5 Å². The third-order valence-electron chi connectivity index (χ3n) is 2.56. The van der Waals surface area contributed by atoms with Gasteiger partial charge in [0.05, 0.1) is 17.4 Å². The molecule has 6 nitrogen and oxygen atoms in total. The van der Waals surface area contributed by atoms with Crippen LogP contribution in [0.5, 0.6) is 0 Å². The third kappa shape index (κ3) is 4.04. The summed E-state index contributed by atoms with van der Waals surface area (Å²) in [6, 6.07) is 1.12. The summed E-state index contributed by atoms with van der Waals surface area (Å²) in [6.45, 7) is 3.97. The predicted octanol–water partition coefficient (Wildman–Crippen LogP) is 2.09. The monoisotopic (exact) mass is 251 g/mol. The number of carboxylic acids is 1. The first-order valence-corrected chi connectivity index (χ1v) is 5.82. The molecule has 0 aliphatic heterocycles. The van der Waals surface area contributed by atoms with Crippen molar-refractivity contribution in [2.75, 3.05) is 5.32 Å². The summed E-state index contributed by atoms with van der Waals surface area (Å²) in [5.41, 5.74) is 0.397. The average molecular weight is 251 g/mol. The Balaban J connectivity index is 2.64. The largest absolute Gasteiger partial charge is 0.478 e. The maximum absolute atomic E-state index is 11.6. The highest BCUT2D eigenvalue weighted by Crippen LogP contribution is 2.08. The highest BCUT2D eigenvalue weighted by Gasteiger charge is 2.09. The van der Waals surface area contributed by atoms with Gasteiger partial charge in [-0.3, -0.25) is 4.98 Å². The van der Waals surface area contributed by atoms with Crippen molar-refractivity contribution in [1.82, 2.24) is 10.3 Å². The van der Waals surface area contributed by atoms with Gasteiger partial charge in [0.15, 0.2) is 0 Å². The van der Waals surface area contributed by atoms with Crippen molar-refractivity contribution in [2.45, 2.75) is 32.7 Å². The van der Waals surface area contributed by atoms with E-state index in [9.17, 15) is 9.59 Å². The van der Waals surface area contributed by atoms with E-state index in [0.29, 0.717) is 5.69 Å². The minimum Gasteiger partial charge on any atom is -0.478 e. The van der Waals surface area contributed by atoms with Gasteiger partial charge in [0.25, 0.3) is 0 Å². The van der Waals surface area contributed by atoms with E-state index < -0.39 is 5.97 Å². The fraction of sp³-hybridized carbons (Fsp3) is 0.417. The topological polar surface area (TPSA) is 91.3 Å². The molecule has 98 valence electrons. The molecule has 18 heavy (non-hydrogen) atoms. The van der Waals surface area contributed by atoms with Crippen LogP contribution in [-0.2, 0) is 0 Å².